The highest BCUT2D eigenvalue weighted by Crippen LogP contribution is 2.43. The van der Waals surface area contributed by atoms with Gasteiger partial charge in [0.05, 0.1) is 22.5 Å². The summed E-state index contributed by atoms with van der Waals surface area (Å²) in [5.74, 6) is -0.0752. The number of ketones is 1. The molecule has 1 aliphatic carbocycles. The Labute approximate surface area is 237 Å². The van der Waals surface area contributed by atoms with Gasteiger partial charge in [-0.2, -0.15) is 5.26 Å². The average molecular weight is 526 g/mol. The summed E-state index contributed by atoms with van der Waals surface area (Å²) in [7, 11) is 0. The zero-order valence-corrected chi connectivity index (χ0v) is 23.6. The molecule has 0 atom stereocenters. The number of anilines is 1. The van der Waals surface area contributed by atoms with Gasteiger partial charge in [-0.1, -0.05) is 99.3 Å². The van der Waals surface area contributed by atoms with Gasteiger partial charge in [0.15, 0.2) is 5.78 Å². The highest BCUT2D eigenvalue weighted by atomic mass is 16.1. The van der Waals surface area contributed by atoms with Crippen molar-refractivity contribution in [2.75, 3.05) is 5.32 Å². The summed E-state index contributed by atoms with van der Waals surface area (Å²) in [6.45, 7) is 6.36. The fourth-order valence-electron chi connectivity index (χ4n) is 5.58. The minimum absolute atomic E-state index is 0.0752. The number of pyridine rings is 1. The zero-order chi connectivity index (χ0) is 28.1. The first-order chi connectivity index (χ1) is 19.5. The minimum Gasteiger partial charge on any atom is -0.361 e. The lowest BCUT2D eigenvalue weighted by Gasteiger charge is -2.14. The Kier molecular flexibility index (Phi) is 8.22. The Hall–Kier alpha value is -4.49. The molecule has 1 N–H and O–H groups in total. The van der Waals surface area contributed by atoms with Gasteiger partial charge in [-0.3, -0.25) is 4.79 Å². The van der Waals surface area contributed by atoms with Crippen molar-refractivity contribution in [3.63, 3.8) is 0 Å². The number of fused-ring (bicyclic) bond motifs is 3. The molecule has 1 heterocycles. The number of nitrogens with zero attached hydrogens (tertiary/aromatic N) is 2. The molecule has 3 aromatic carbocycles. The maximum absolute atomic E-state index is 13.7. The van der Waals surface area contributed by atoms with E-state index in [9.17, 15) is 10.1 Å². The van der Waals surface area contributed by atoms with Crippen LogP contribution in [-0.4, -0.2) is 10.8 Å². The van der Waals surface area contributed by atoms with Crippen LogP contribution in [-0.2, 0) is 6.42 Å². The summed E-state index contributed by atoms with van der Waals surface area (Å²) >= 11 is 0. The zero-order valence-electron chi connectivity index (χ0n) is 23.6. The molecule has 0 bridgehead atoms. The lowest BCUT2D eigenvalue weighted by atomic mass is 9.91. The van der Waals surface area contributed by atoms with E-state index in [2.05, 4.69) is 68.6 Å². The van der Waals surface area contributed by atoms with Crippen molar-refractivity contribution in [1.29, 1.82) is 5.26 Å². The van der Waals surface area contributed by atoms with Crippen molar-refractivity contribution in [3.05, 3.63) is 112 Å². The molecule has 4 nitrogen and oxygen atoms in total. The number of para-hydroxylation sites is 1. The van der Waals surface area contributed by atoms with Crippen molar-refractivity contribution < 1.29 is 4.79 Å². The number of nitrogens with one attached hydrogen (secondary N) is 1. The fraction of sp³-hybridized carbons (Fsp3) is 0.250. The first kappa shape index (κ1) is 27.1. The third-order valence-corrected chi connectivity index (χ3v) is 7.75. The van der Waals surface area contributed by atoms with Gasteiger partial charge in [-0.25, -0.2) is 4.98 Å². The van der Waals surface area contributed by atoms with Crippen molar-refractivity contribution >= 4 is 17.5 Å². The molecule has 0 aliphatic heterocycles. The van der Waals surface area contributed by atoms with Crippen LogP contribution in [0.15, 0.2) is 72.9 Å². The summed E-state index contributed by atoms with van der Waals surface area (Å²) in [5.41, 5.74) is 9.66. The van der Waals surface area contributed by atoms with Crippen LogP contribution in [0.2, 0.25) is 0 Å². The van der Waals surface area contributed by atoms with E-state index in [0.717, 1.165) is 34.4 Å². The molecule has 0 unspecified atom stereocenters. The summed E-state index contributed by atoms with van der Waals surface area (Å²) in [6, 6.07) is 24.5. The van der Waals surface area contributed by atoms with E-state index in [1.54, 1.807) is 0 Å². The number of carbonyl (C=O) groups is 1. The van der Waals surface area contributed by atoms with E-state index < -0.39 is 0 Å². The van der Waals surface area contributed by atoms with E-state index in [1.165, 1.54) is 37.7 Å². The number of benzene rings is 3. The first-order valence-corrected chi connectivity index (χ1v) is 14.2. The summed E-state index contributed by atoms with van der Waals surface area (Å²) in [5, 5.41) is 13.8. The van der Waals surface area contributed by atoms with E-state index >= 15 is 0 Å². The molecule has 0 saturated carbocycles. The summed E-state index contributed by atoms with van der Waals surface area (Å²) in [4.78, 5) is 18.5. The molecule has 40 heavy (non-hydrogen) atoms. The number of unbranched alkanes of at least 4 members (excludes halogenated alkanes) is 4. The van der Waals surface area contributed by atoms with Crippen LogP contribution >= 0.6 is 0 Å². The van der Waals surface area contributed by atoms with E-state index in [4.69, 9.17) is 4.98 Å². The van der Waals surface area contributed by atoms with Gasteiger partial charge in [0.1, 0.15) is 6.07 Å². The molecule has 0 spiro atoms. The fourth-order valence-corrected chi connectivity index (χ4v) is 5.58. The Morgan fingerprint density at radius 2 is 1.55 bits per heavy atom. The molecule has 5 rings (SSSR count). The van der Waals surface area contributed by atoms with Crippen LogP contribution < -0.4 is 5.32 Å². The predicted molar refractivity (Wildman–Crippen MR) is 164 cm³/mol. The molecule has 4 aromatic rings. The largest absolute Gasteiger partial charge is 0.361 e. The summed E-state index contributed by atoms with van der Waals surface area (Å²) in [6.07, 6.45) is 10.9. The van der Waals surface area contributed by atoms with Crippen molar-refractivity contribution in [2.24, 2.45) is 0 Å². The smallest absolute Gasteiger partial charge is 0.196 e. The van der Waals surface area contributed by atoms with Crippen LogP contribution in [0.3, 0.4) is 0 Å². The second-order valence-corrected chi connectivity index (χ2v) is 10.6. The third-order valence-electron chi connectivity index (χ3n) is 7.75. The Morgan fingerprint density at radius 1 is 0.850 bits per heavy atom. The second-order valence-electron chi connectivity index (χ2n) is 10.6. The molecule has 1 aromatic heterocycles. The predicted octanol–water partition coefficient (Wildman–Crippen LogP) is 9.04. The van der Waals surface area contributed by atoms with Crippen LogP contribution in [0.25, 0.3) is 28.5 Å². The number of aryl methyl sites for hydroxylation is 3. The maximum Gasteiger partial charge on any atom is 0.196 e. The van der Waals surface area contributed by atoms with Crippen LogP contribution in [0.5, 0.6) is 0 Å². The molecule has 1 aliphatic rings. The molecule has 0 saturated heterocycles. The monoisotopic (exact) mass is 525 g/mol. The molecule has 0 fully saturated rings. The van der Waals surface area contributed by atoms with Gasteiger partial charge in [-0.15, -0.1) is 0 Å². The molecule has 4 heteroatoms. The average Bonchev–Trinajstić information content (AvgIpc) is 3.25. The van der Waals surface area contributed by atoms with Gasteiger partial charge in [0, 0.05) is 28.6 Å². The maximum atomic E-state index is 13.7. The van der Waals surface area contributed by atoms with Crippen molar-refractivity contribution in [1.82, 2.24) is 4.98 Å². The van der Waals surface area contributed by atoms with Crippen molar-refractivity contribution in [3.8, 4) is 28.5 Å². The second kappa shape index (κ2) is 12.1. The molecule has 0 amide bonds. The lowest BCUT2D eigenvalue weighted by Crippen LogP contribution is -2.04. The lowest BCUT2D eigenvalue weighted by molar-refractivity contribution is 0.104. The number of nitriles is 1. The van der Waals surface area contributed by atoms with Gasteiger partial charge in [0.2, 0.25) is 0 Å². The van der Waals surface area contributed by atoms with Crippen LogP contribution in [0, 0.1) is 25.2 Å². The van der Waals surface area contributed by atoms with E-state index in [0.29, 0.717) is 33.6 Å². The third kappa shape index (κ3) is 5.33. The Bertz CT molecular complexity index is 1600. The number of hydrogen-bond acceptors (Lipinski definition) is 4. The minimum atomic E-state index is -0.0752. The quantitative estimate of drug-likeness (QED) is 0.185. The number of carbonyl (C=O) groups excluding carboxylic acids is 1. The van der Waals surface area contributed by atoms with E-state index in [-0.39, 0.29) is 5.78 Å². The van der Waals surface area contributed by atoms with Crippen LogP contribution in [0.4, 0.5) is 5.69 Å². The molecule has 200 valence electrons. The first-order valence-electron chi connectivity index (χ1n) is 14.2. The SMILES string of the molecule is CCCCCCCc1ccc(-c2c(C#N)c(/C=C/Nc3c(C)cccc3C)nc3c2C(=O)c2ccccc2-3)cc1. The van der Waals surface area contributed by atoms with Gasteiger partial charge < -0.3 is 5.32 Å². The molecular formula is C36H35N3O. The molecule has 0 radical (unpaired) electrons. The highest BCUT2D eigenvalue weighted by Gasteiger charge is 2.33. The van der Waals surface area contributed by atoms with Gasteiger partial charge in [-0.05, 0) is 55.0 Å². The normalized spacial score (nSPS) is 11.9. The van der Waals surface area contributed by atoms with E-state index in [1.807, 2.05) is 42.6 Å². The van der Waals surface area contributed by atoms with Crippen LogP contribution in [0.1, 0.15) is 82.9 Å². The number of aromatic nitrogens is 1. The topological polar surface area (TPSA) is 65.8 Å². The number of hydrogen-bond donors (Lipinski definition) is 1. The standard InChI is InChI=1S/C36H35N3O/c1-4-5-6-7-8-14-26-17-19-27(20-18-26)32-30(23-37)31(21-22-38-34-24(2)12-11-13-25(34)3)39-35-28-15-9-10-16-29(28)36(40)33(32)35/h9-13,15-22,38H,4-8,14H2,1-3H3/b22-21+. The number of rotatable bonds is 10. The van der Waals surface area contributed by atoms with Gasteiger partial charge >= 0.3 is 0 Å². The summed E-state index contributed by atoms with van der Waals surface area (Å²) < 4.78 is 0. The molecular weight excluding hydrogens is 490 g/mol. The highest BCUT2D eigenvalue weighted by molar-refractivity contribution is 6.24. The Balaban J connectivity index is 1.55. The van der Waals surface area contributed by atoms with Crippen molar-refractivity contribution in [2.45, 2.75) is 59.3 Å². The van der Waals surface area contributed by atoms with Gasteiger partial charge in [0.25, 0.3) is 0 Å². The Morgan fingerprint density at radius 3 is 2.25 bits per heavy atom.